The molecule has 2 heterocycles. The van der Waals surface area contributed by atoms with E-state index >= 15 is 0 Å². The van der Waals surface area contributed by atoms with Crippen LogP contribution in [0.2, 0.25) is 0 Å². The summed E-state index contributed by atoms with van der Waals surface area (Å²) in [6.45, 7) is 5.51. The molecule has 0 radical (unpaired) electrons. The van der Waals surface area contributed by atoms with Crippen LogP contribution in [0.25, 0.3) is 0 Å². The monoisotopic (exact) mass is 264 g/mol. The van der Waals surface area contributed by atoms with Crippen LogP contribution in [-0.2, 0) is 0 Å². The maximum atomic E-state index is 10.8. The number of hydrogen-bond donors (Lipinski definition) is 2. The van der Waals surface area contributed by atoms with Gasteiger partial charge in [-0.2, -0.15) is 0 Å². The van der Waals surface area contributed by atoms with Gasteiger partial charge in [0.2, 0.25) is 0 Å². The molecule has 0 amide bonds. The van der Waals surface area contributed by atoms with Gasteiger partial charge in [0.05, 0.1) is 12.4 Å². The average Bonchev–Trinajstić information content (AvgIpc) is 2.42. The number of hydrogen-bond acceptors (Lipinski definition) is 5. The van der Waals surface area contributed by atoms with Gasteiger partial charge in [-0.25, -0.2) is 9.78 Å². The SMILES string of the molecule is CCCN1CCC(Nc2cncc(C(=O)O)n2)CC1. The van der Waals surface area contributed by atoms with Gasteiger partial charge in [-0.05, 0) is 25.8 Å². The predicted molar refractivity (Wildman–Crippen MR) is 72.4 cm³/mol. The lowest BCUT2D eigenvalue weighted by Crippen LogP contribution is -2.39. The fourth-order valence-corrected chi connectivity index (χ4v) is 2.36. The van der Waals surface area contributed by atoms with Gasteiger partial charge in [0.1, 0.15) is 5.82 Å². The number of aromatic nitrogens is 2. The second kappa shape index (κ2) is 6.47. The zero-order chi connectivity index (χ0) is 13.7. The first-order valence-electron chi connectivity index (χ1n) is 6.73. The van der Waals surface area contributed by atoms with Gasteiger partial charge < -0.3 is 15.3 Å². The van der Waals surface area contributed by atoms with E-state index in [4.69, 9.17) is 5.11 Å². The molecule has 1 saturated heterocycles. The Morgan fingerprint density at radius 1 is 1.47 bits per heavy atom. The van der Waals surface area contributed by atoms with Crippen LogP contribution in [0.3, 0.4) is 0 Å². The summed E-state index contributed by atoms with van der Waals surface area (Å²) in [6.07, 6.45) is 6.13. The summed E-state index contributed by atoms with van der Waals surface area (Å²) in [7, 11) is 0. The van der Waals surface area contributed by atoms with Crippen molar-refractivity contribution in [1.29, 1.82) is 0 Å². The molecule has 0 atom stereocenters. The number of carboxylic acids is 1. The van der Waals surface area contributed by atoms with Crippen LogP contribution in [0, 0.1) is 0 Å². The number of rotatable bonds is 5. The average molecular weight is 264 g/mol. The Kier molecular flexibility index (Phi) is 4.68. The molecule has 2 rings (SSSR count). The molecule has 0 bridgehead atoms. The summed E-state index contributed by atoms with van der Waals surface area (Å²) >= 11 is 0. The van der Waals surface area contributed by atoms with Crippen molar-refractivity contribution in [3.63, 3.8) is 0 Å². The van der Waals surface area contributed by atoms with Crippen molar-refractivity contribution in [2.45, 2.75) is 32.2 Å². The van der Waals surface area contributed by atoms with Gasteiger partial charge in [0, 0.05) is 19.1 Å². The van der Waals surface area contributed by atoms with Crippen LogP contribution in [0.1, 0.15) is 36.7 Å². The summed E-state index contributed by atoms with van der Waals surface area (Å²) in [5.74, 6) is -0.497. The van der Waals surface area contributed by atoms with Crippen LogP contribution in [0.4, 0.5) is 5.82 Å². The third-order valence-electron chi connectivity index (χ3n) is 3.33. The number of likely N-dealkylation sites (tertiary alicyclic amines) is 1. The van der Waals surface area contributed by atoms with E-state index in [1.165, 1.54) is 12.6 Å². The number of nitrogens with zero attached hydrogens (tertiary/aromatic N) is 3. The topological polar surface area (TPSA) is 78.4 Å². The smallest absolute Gasteiger partial charge is 0.356 e. The van der Waals surface area contributed by atoms with Crippen LogP contribution in [0.15, 0.2) is 12.4 Å². The van der Waals surface area contributed by atoms with Crippen molar-refractivity contribution in [3.05, 3.63) is 18.1 Å². The Morgan fingerprint density at radius 3 is 2.84 bits per heavy atom. The van der Waals surface area contributed by atoms with Gasteiger partial charge in [-0.3, -0.25) is 4.98 Å². The van der Waals surface area contributed by atoms with Gasteiger partial charge in [0.15, 0.2) is 5.69 Å². The minimum absolute atomic E-state index is 0.0200. The summed E-state index contributed by atoms with van der Waals surface area (Å²) in [5, 5.41) is 12.1. The minimum Gasteiger partial charge on any atom is -0.476 e. The van der Waals surface area contributed by atoms with E-state index in [9.17, 15) is 4.79 Å². The summed E-state index contributed by atoms with van der Waals surface area (Å²) in [5.41, 5.74) is -0.0200. The first-order chi connectivity index (χ1) is 9.19. The van der Waals surface area contributed by atoms with Crippen LogP contribution in [0.5, 0.6) is 0 Å². The molecule has 1 aliphatic heterocycles. The zero-order valence-corrected chi connectivity index (χ0v) is 11.2. The van der Waals surface area contributed by atoms with E-state index in [1.807, 2.05) is 0 Å². The fraction of sp³-hybridized carbons (Fsp3) is 0.615. The van der Waals surface area contributed by atoms with E-state index in [0.29, 0.717) is 11.9 Å². The van der Waals surface area contributed by atoms with Crippen molar-refractivity contribution in [2.24, 2.45) is 0 Å². The minimum atomic E-state index is -1.05. The molecule has 6 nitrogen and oxygen atoms in total. The maximum Gasteiger partial charge on any atom is 0.356 e. The third-order valence-corrected chi connectivity index (χ3v) is 3.33. The molecule has 1 fully saturated rings. The van der Waals surface area contributed by atoms with Crippen molar-refractivity contribution >= 4 is 11.8 Å². The Bertz CT molecular complexity index is 430. The highest BCUT2D eigenvalue weighted by molar-refractivity contribution is 5.85. The second-order valence-corrected chi connectivity index (χ2v) is 4.85. The highest BCUT2D eigenvalue weighted by atomic mass is 16.4. The Balaban J connectivity index is 1.88. The van der Waals surface area contributed by atoms with Gasteiger partial charge in [0.25, 0.3) is 0 Å². The summed E-state index contributed by atoms with van der Waals surface area (Å²) < 4.78 is 0. The number of carboxylic acid groups (broad SMARTS) is 1. The molecule has 2 N–H and O–H groups in total. The number of carbonyl (C=O) groups is 1. The molecule has 104 valence electrons. The third kappa shape index (κ3) is 3.89. The van der Waals surface area contributed by atoms with Gasteiger partial charge in [-0.1, -0.05) is 6.92 Å². The van der Waals surface area contributed by atoms with Gasteiger partial charge >= 0.3 is 5.97 Å². The molecular weight excluding hydrogens is 244 g/mol. The molecule has 0 aliphatic carbocycles. The molecular formula is C13H20N4O2. The van der Waals surface area contributed by atoms with Crippen LogP contribution in [-0.4, -0.2) is 51.6 Å². The van der Waals surface area contributed by atoms with E-state index in [1.54, 1.807) is 6.20 Å². The lowest BCUT2D eigenvalue weighted by atomic mass is 10.1. The number of piperidine rings is 1. The lowest BCUT2D eigenvalue weighted by molar-refractivity contribution is 0.0690. The van der Waals surface area contributed by atoms with Crippen molar-refractivity contribution in [3.8, 4) is 0 Å². The van der Waals surface area contributed by atoms with E-state index in [-0.39, 0.29) is 5.69 Å². The Morgan fingerprint density at radius 2 is 2.21 bits per heavy atom. The quantitative estimate of drug-likeness (QED) is 0.838. The molecule has 0 aromatic carbocycles. The molecule has 1 aromatic heterocycles. The normalized spacial score (nSPS) is 17.3. The lowest BCUT2D eigenvalue weighted by Gasteiger charge is -2.32. The molecule has 6 heteroatoms. The molecule has 0 saturated carbocycles. The number of anilines is 1. The standard InChI is InChI=1S/C13H20N4O2/c1-2-5-17-6-3-10(4-7-17)15-12-9-14-8-11(16-12)13(18)19/h8-10H,2-7H2,1H3,(H,15,16)(H,18,19). The highest BCUT2D eigenvalue weighted by Gasteiger charge is 2.19. The molecule has 1 aromatic rings. The molecule has 0 spiro atoms. The summed E-state index contributed by atoms with van der Waals surface area (Å²) in [6, 6.07) is 0.353. The Hall–Kier alpha value is -1.69. The van der Waals surface area contributed by atoms with Crippen molar-refractivity contribution < 1.29 is 9.90 Å². The van der Waals surface area contributed by atoms with E-state index in [0.717, 1.165) is 32.5 Å². The molecule has 19 heavy (non-hydrogen) atoms. The first-order valence-corrected chi connectivity index (χ1v) is 6.73. The van der Waals surface area contributed by atoms with Crippen LogP contribution >= 0.6 is 0 Å². The molecule has 0 unspecified atom stereocenters. The van der Waals surface area contributed by atoms with Gasteiger partial charge in [-0.15, -0.1) is 0 Å². The largest absolute Gasteiger partial charge is 0.476 e. The maximum absolute atomic E-state index is 10.8. The van der Waals surface area contributed by atoms with Crippen molar-refractivity contribution in [2.75, 3.05) is 25.0 Å². The Labute approximate surface area is 112 Å². The zero-order valence-electron chi connectivity index (χ0n) is 11.2. The second-order valence-electron chi connectivity index (χ2n) is 4.85. The fourth-order valence-electron chi connectivity index (χ4n) is 2.36. The highest BCUT2D eigenvalue weighted by Crippen LogP contribution is 2.15. The molecule has 1 aliphatic rings. The number of aromatic carboxylic acids is 1. The first kappa shape index (κ1) is 13.7. The van der Waals surface area contributed by atoms with E-state index in [2.05, 4.69) is 27.1 Å². The number of nitrogens with one attached hydrogen (secondary N) is 1. The van der Waals surface area contributed by atoms with Crippen molar-refractivity contribution in [1.82, 2.24) is 14.9 Å². The van der Waals surface area contributed by atoms with Crippen LogP contribution < -0.4 is 5.32 Å². The predicted octanol–water partition coefficient (Wildman–Crippen LogP) is 1.46. The summed E-state index contributed by atoms with van der Waals surface area (Å²) in [4.78, 5) is 21.2. The van der Waals surface area contributed by atoms with E-state index < -0.39 is 5.97 Å².